The van der Waals surface area contributed by atoms with Crippen molar-refractivity contribution in [1.29, 1.82) is 0 Å². The first-order valence-corrected chi connectivity index (χ1v) is 6.87. The van der Waals surface area contributed by atoms with E-state index < -0.39 is 5.82 Å². The molecular weight excluding hydrogens is 301 g/mol. The van der Waals surface area contributed by atoms with Crippen LogP contribution >= 0.6 is 15.9 Å². The van der Waals surface area contributed by atoms with Crippen LogP contribution in [-0.4, -0.2) is 19.8 Å². The van der Waals surface area contributed by atoms with Crippen molar-refractivity contribution in [2.75, 3.05) is 19.8 Å². The van der Waals surface area contributed by atoms with Crippen LogP contribution in [-0.2, 0) is 11.3 Å². The summed E-state index contributed by atoms with van der Waals surface area (Å²) in [4.78, 5) is 0. The van der Waals surface area contributed by atoms with E-state index in [0.29, 0.717) is 17.7 Å². The van der Waals surface area contributed by atoms with Gasteiger partial charge in [-0.1, -0.05) is 19.4 Å². The molecule has 0 saturated carbocycles. The van der Waals surface area contributed by atoms with Crippen LogP contribution in [0.2, 0.25) is 0 Å². The molecule has 18 heavy (non-hydrogen) atoms. The van der Waals surface area contributed by atoms with Gasteiger partial charge in [0, 0.05) is 13.2 Å². The zero-order valence-electron chi connectivity index (χ0n) is 10.5. The number of hydrogen-bond donors (Lipinski definition) is 1. The highest BCUT2D eigenvalue weighted by Gasteiger charge is 2.11. The summed E-state index contributed by atoms with van der Waals surface area (Å²) in [7, 11) is 0. The van der Waals surface area contributed by atoms with Gasteiger partial charge in [0.2, 0.25) is 0 Å². The SMILES string of the molecule is CCCCOCCOc1ccc(CN)c(Br)c1F. The molecule has 0 saturated heterocycles. The molecule has 102 valence electrons. The van der Waals surface area contributed by atoms with Gasteiger partial charge in [-0.2, -0.15) is 0 Å². The van der Waals surface area contributed by atoms with Crippen LogP contribution in [0, 0.1) is 5.82 Å². The van der Waals surface area contributed by atoms with Crippen LogP contribution in [0.4, 0.5) is 4.39 Å². The van der Waals surface area contributed by atoms with Gasteiger partial charge in [0.25, 0.3) is 0 Å². The second-order valence-electron chi connectivity index (χ2n) is 3.87. The third-order valence-corrected chi connectivity index (χ3v) is 3.33. The lowest BCUT2D eigenvalue weighted by Crippen LogP contribution is -2.09. The molecule has 0 unspecified atom stereocenters. The van der Waals surface area contributed by atoms with E-state index in [1.54, 1.807) is 12.1 Å². The van der Waals surface area contributed by atoms with Crippen LogP contribution in [0.25, 0.3) is 0 Å². The maximum atomic E-state index is 13.8. The van der Waals surface area contributed by atoms with Crippen molar-refractivity contribution in [2.45, 2.75) is 26.3 Å². The van der Waals surface area contributed by atoms with Gasteiger partial charge >= 0.3 is 0 Å². The van der Waals surface area contributed by atoms with Gasteiger partial charge in [-0.25, -0.2) is 4.39 Å². The van der Waals surface area contributed by atoms with Crippen molar-refractivity contribution in [2.24, 2.45) is 5.73 Å². The maximum Gasteiger partial charge on any atom is 0.179 e. The van der Waals surface area contributed by atoms with E-state index in [-0.39, 0.29) is 12.3 Å². The van der Waals surface area contributed by atoms with Crippen LogP contribution in [0.15, 0.2) is 16.6 Å². The maximum absolute atomic E-state index is 13.8. The summed E-state index contributed by atoms with van der Waals surface area (Å²) in [6.45, 7) is 3.92. The Labute approximate surface area is 116 Å². The lowest BCUT2D eigenvalue weighted by Gasteiger charge is -2.10. The molecule has 0 aromatic heterocycles. The highest BCUT2D eigenvalue weighted by atomic mass is 79.9. The van der Waals surface area contributed by atoms with Crippen molar-refractivity contribution in [3.8, 4) is 5.75 Å². The average Bonchev–Trinajstić information content (AvgIpc) is 2.38. The van der Waals surface area contributed by atoms with E-state index in [0.717, 1.165) is 25.0 Å². The van der Waals surface area contributed by atoms with Gasteiger partial charge in [-0.3, -0.25) is 0 Å². The van der Waals surface area contributed by atoms with Gasteiger partial charge in [0.15, 0.2) is 11.6 Å². The molecule has 0 atom stereocenters. The molecule has 1 aromatic carbocycles. The second kappa shape index (κ2) is 8.45. The summed E-state index contributed by atoms with van der Waals surface area (Å²) in [5.41, 5.74) is 6.20. The average molecular weight is 320 g/mol. The van der Waals surface area contributed by atoms with Crippen LogP contribution in [0.1, 0.15) is 25.3 Å². The van der Waals surface area contributed by atoms with Crippen molar-refractivity contribution < 1.29 is 13.9 Å². The predicted molar refractivity (Wildman–Crippen MR) is 73.2 cm³/mol. The molecule has 5 heteroatoms. The Morgan fingerprint density at radius 1 is 1.28 bits per heavy atom. The van der Waals surface area contributed by atoms with Crippen LogP contribution in [0.3, 0.4) is 0 Å². The number of nitrogens with two attached hydrogens (primary N) is 1. The molecule has 2 N–H and O–H groups in total. The zero-order chi connectivity index (χ0) is 13.4. The Bertz CT molecular complexity index is 374. The fourth-order valence-electron chi connectivity index (χ4n) is 1.40. The largest absolute Gasteiger partial charge is 0.488 e. The third-order valence-electron chi connectivity index (χ3n) is 2.47. The van der Waals surface area contributed by atoms with Gasteiger partial charge in [-0.05, 0) is 34.0 Å². The quantitative estimate of drug-likeness (QED) is 0.748. The Balaban J connectivity index is 2.41. The minimum atomic E-state index is -0.411. The number of hydrogen-bond acceptors (Lipinski definition) is 3. The number of rotatable bonds is 8. The third kappa shape index (κ3) is 4.55. The molecule has 0 aliphatic carbocycles. The van der Waals surface area contributed by atoms with Gasteiger partial charge in [0.05, 0.1) is 11.1 Å². The zero-order valence-corrected chi connectivity index (χ0v) is 12.1. The molecule has 1 rings (SSSR count). The summed E-state index contributed by atoms with van der Waals surface area (Å²) in [6, 6.07) is 3.34. The number of ether oxygens (including phenoxy) is 2. The molecule has 0 spiro atoms. The molecular formula is C13H19BrFNO2. The Morgan fingerprint density at radius 3 is 2.72 bits per heavy atom. The molecule has 0 amide bonds. The smallest absolute Gasteiger partial charge is 0.179 e. The lowest BCUT2D eigenvalue weighted by atomic mass is 10.2. The number of unbranched alkanes of at least 4 members (excludes halogenated alkanes) is 1. The van der Waals surface area contributed by atoms with E-state index in [9.17, 15) is 4.39 Å². The van der Waals surface area contributed by atoms with Gasteiger partial charge < -0.3 is 15.2 Å². The van der Waals surface area contributed by atoms with E-state index in [4.69, 9.17) is 15.2 Å². The van der Waals surface area contributed by atoms with Crippen molar-refractivity contribution in [3.05, 3.63) is 28.0 Å². The van der Waals surface area contributed by atoms with E-state index in [1.807, 2.05) is 0 Å². The minimum absolute atomic E-state index is 0.221. The lowest BCUT2D eigenvalue weighted by molar-refractivity contribution is 0.0966. The van der Waals surface area contributed by atoms with E-state index >= 15 is 0 Å². The Morgan fingerprint density at radius 2 is 2.06 bits per heavy atom. The van der Waals surface area contributed by atoms with Crippen LogP contribution < -0.4 is 10.5 Å². The molecule has 0 fully saturated rings. The van der Waals surface area contributed by atoms with Crippen molar-refractivity contribution in [1.82, 2.24) is 0 Å². The summed E-state index contributed by atoms with van der Waals surface area (Å²) in [6.07, 6.45) is 2.13. The highest BCUT2D eigenvalue weighted by molar-refractivity contribution is 9.10. The molecule has 0 bridgehead atoms. The Hall–Kier alpha value is -0.650. The molecule has 3 nitrogen and oxygen atoms in total. The molecule has 0 heterocycles. The summed E-state index contributed by atoms with van der Waals surface area (Å²) in [5.74, 6) is -0.190. The fraction of sp³-hybridized carbons (Fsp3) is 0.538. The summed E-state index contributed by atoms with van der Waals surface area (Å²) in [5, 5.41) is 0. The number of halogens is 2. The molecule has 0 radical (unpaired) electrons. The van der Waals surface area contributed by atoms with E-state index in [1.165, 1.54) is 0 Å². The second-order valence-corrected chi connectivity index (χ2v) is 4.66. The summed E-state index contributed by atoms with van der Waals surface area (Å²) >= 11 is 3.17. The van der Waals surface area contributed by atoms with Crippen molar-refractivity contribution >= 4 is 15.9 Å². The van der Waals surface area contributed by atoms with Crippen LogP contribution in [0.5, 0.6) is 5.75 Å². The standard InChI is InChI=1S/C13H19BrFNO2/c1-2-3-6-17-7-8-18-11-5-4-10(9-16)12(14)13(11)15/h4-5H,2-3,6-9,16H2,1H3. The minimum Gasteiger partial charge on any atom is -0.488 e. The fourth-order valence-corrected chi connectivity index (χ4v) is 1.89. The highest BCUT2D eigenvalue weighted by Crippen LogP contribution is 2.28. The topological polar surface area (TPSA) is 44.5 Å². The first-order valence-electron chi connectivity index (χ1n) is 6.08. The molecule has 0 aliphatic rings. The van der Waals surface area contributed by atoms with Gasteiger partial charge in [-0.15, -0.1) is 0 Å². The van der Waals surface area contributed by atoms with Crippen molar-refractivity contribution in [3.63, 3.8) is 0 Å². The van der Waals surface area contributed by atoms with E-state index in [2.05, 4.69) is 22.9 Å². The number of benzene rings is 1. The monoisotopic (exact) mass is 319 g/mol. The normalized spacial score (nSPS) is 10.7. The molecule has 0 aliphatic heterocycles. The first-order chi connectivity index (χ1) is 8.70. The predicted octanol–water partition coefficient (Wildman–Crippen LogP) is 3.24. The Kier molecular flexibility index (Phi) is 7.23. The first kappa shape index (κ1) is 15.4. The molecule has 1 aromatic rings. The summed E-state index contributed by atoms with van der Waals surface area (Å²) < 4.78 is 24.8. The van der Waals surface area contributed by atoms with Gasteiger partial charge in [0.1, 0.15) is 6.61 Å².